The maximum Gasteiger partial charge on any atom is 0.183 e. The van der Waals surface area contributed by atoms with Gasteiger partial charge in [-0.25, -0.2) is 0 Å². The molecule has 1 rings (SSSR count). The fourth-order valence-electron chi connectivity index (χ4n) is 1.70. The van der Waals surface area contributed by atoms with Gasteiger partial charge in [0.2, 0.25) is 0 Å². The molecule has 86 valence electrons. The van der Waals surface area contributed by atoms with Crippen LogP contribution >= 0.6 is 0 Å². The number of rotatable bonds is 5. The van der Waals surface area contributed by atoms with Gasteiger partial charge in [-0.15, -0.1) is 0 Å². The third-order valence-corrected chi connectivity index (χ3v) is 4.40. The van der Waals surface area contributed by atoms with Gasteiger partial charge in [0.05, 0.1) is 0 Å². The topological polar surface area (TPSA) is 3.24 Å². The molecule has 16 heavy (non-hydrogen) atoms. The molecule has 0 saturated carbocycles. The third kappa shape index (κ3) is 3.61. The van der Waals surface area contributed by atoms with Crippen molar-refractivity contribution in [2.24, 2.45) is 0 Å². The molecular weight excluding hydrogens is 210 g/mol. The van der Waals surface area contributed by atoms with Crippen LogP contribution < -0.4 is 5.19 Å². The molecule has 0 aromatic heterocycles. The van der Waals surface area contributed by atoms with Gasteiger partial charge in [0, 0.05) is 0 Å². The van der Waals surface area contributed by atoms with Crippen molar-refractivity contribution in [3.63, 3.8) is 0 Å². The monoisotopic (exact) mass is 231 g/mol. The molecule has 0 atom stereocenters. The van der Waals surface area contributed by atoms with Crippen LogP contribution in [-0.4, -0.2) is 26.3 Å². The summed E-state index contributed by atoms with van der Waals surface area (Å²) in [5.41, 5.74) is 1.19. The van der Waals surface area contributed by atoms with E-state index in [4.69, 9.17) is 0 Å². The second-order valence-corrected chi connectivity index (χ2v) is 5.85. The maximum atomic E-state index is 3.77. The van der Waals surface area contributed by atoms with Gasteiger partial charge in [-0.2, -0.15) is 0 Å². The maximum absolute atomic E-state index is 3.77. The minimum absolute atomic E-state index is 0.595. The first-order valence-corrected chi connectivity index (χ1v) is 6.76. The summed E-state index contributed by atoms with van der Waals surface area (Å²) in [6.45, 7) is 12.8. The van der Waals surface area contributed by atoms with Crippen LogP contribution in [-0.2, 0) is 0 Å². The highest BCUT2D eigenvalue weighted by molar-refractivity contribution is 6.50. The lowest BCUT2D eigenvalue weighted by molar-refractivity contribution is 0.315. The number of benzene rings is 1. The fourth-order valence-corrected chi connectivity index (χ4v) is 2.83. The molecule has 1 nitrogen and oxygen atoms in total. The van der Waals surface area contributed by atoms with E-state index in [1.807, 2.05) is 6.08 Å². The zero-order valence-electron chi connectivity index (χ0n) is 10.7. The second-order valence-electron chi connectivity index (χ2n) is 4.53. The molecule has 0 saturated heterocycles. The molecule has 0 spiro atoms. The lowest BCUT2D eigenvalue weighted by Crippen LogP contribution is -2.45. The van der Waals surface area contributed by atoms with E-state index < -0.39 is 0 Å². The lowest BCUT2D eigenvalue weighted by atomic mass is 10.2. The van der Waals surface area contributed by atoms with Crippen molar-refractivity contribution in [1.82, 2.24) is 4.57 Å². The van der Waals surface area contributed by atoms with E-state index in [2.05, 4.69) is 63.1 Å². The minimum Gasteiger partial charge on any atom is -0.317 e. The van der Waals surface area contributed by atoms with Gasteiger partial charge < -0.3 is 4.57 Å². The highest BCUT2D eigenvalue weighted by atomic mass is 28.2. The van der Waals surface area contributed by atoms with Gasteiger partial charge in [-0.1, -0.05) is 64.6 Å². The van der Waals surface area contributed by atoms with Crippen molar-refractivity contribution < 1.29 is 0 Å². The van der Waals surface area contributed by atoms with Crippen molar-refractivity contribution in [3.05, 3.63) is 36.4 Å². The first-order chi connectivity index (χ1) is 7.54. The third-order valence-electron chi connectivity index (χ3n) is 2.52. The van der Waals surface area contributed by atoms with Crippen LogP contribution in [0.5, 0.6) is 0 Å². The van der Waals surface area contributed by atoms with Crippen LogP contribution in [0.4, 0.5) is 0 Å². The van der Waals surface area contributed by atoms with Crippen molar-refractivity contribution in [2.45, 2.75) is 39.8 Å². The van der Waals surface area contributed by atoms with Crippen LogP contribution in [0.2, 0.25) is 0 Å². The molecule has 0 amide bonds. The molecule has 1 aromatic carbocycles. The largest absolute Gasteiger partial charge is 0.317 e. The molecule has 0 N–H and O–H groups in total. The highest BCUT2D eigenvalue weighted by Crippen LogP contribution is 2.03. The van der Waals surface area contributed by atoms with Gasteiger partial charge in [0.1, 0.15) is 0 Å². The molecule has 0 aliphatic heterocycles. The summed E-state index contributed by atoms with van der Waals surface area (Å²) in [5, 5.41) is 1.40. The fraction of sp³-hybridized carbons (Fsp3) is 0.429. The summed E-state index contributed by atoms with van der Waals surface area (Å²) in [4.78, 5) is 0. The molecule has 0 aliphatic rings. The van der Waals surface area contributed by atoms with Crippen LogP contribution in [0.25, 0.3) is 6.08 Å². The second kappa shape index (κ2) is 6.02. The quantitative estimate of drug-likeness (QED) is 0.704. The summed E-state index contributed by atoms with van der Waals surface area (Å²) in [5.74, 6) is 0. The van der Waals surface area contributed by atoms with Crippen LogP contribution in [0.15, 0.2) is 30.8 Å². The van der Waals surface area contributed by atoms with Crippen molar-refractivity contribution in [2.75, 3.05) is 0 Å². The smallest absolute Gasteiger partial charge is 0.183 e. The van der Waals surface area contributed by atoms with Gasteiger partial charge in [0.25, 0.3) is 0 Å². The average molecular weight is 231 g/mol. The number of nitrogens with zero attached hydrogens (tertiary/aromatic N) is 1. The van der Waals surface area contributed by atoms with Crippen molar-refractivity contribution in [1.29, 1.82) is 0 Å². The van der Waals surface area contributed by atoms with Crippen molar-refractivity contribution in [3.8, 4) is 0 Å². The predicted molar refractivity (Wildman–Crippen MR) is 74.0 cm³/mol. The molecule has 2 heteroatoms. The SMILES string of the molecule is C=Cc1ccc([Si]N(C(C)C)C(C)C)cc1. The Hall–Kier alpha value is -0.863. The van der Waals surface area contributed by atoms with Gasteiger partial charge >= 0.3 is 0 Å². The van der Waals surface area contributed by atoms with E-state index >= 15 is 0 Å². The summed E-state index contributed by atoms with van der Waals surface area (Å²) < 4.78 is 2.52. The standard InChI is InChI=1S/C14H21NSi/c1-6-13-7-9-14(10-8-13)16-15(11(2)3)12(4)5/h6-12H,1H2,2-5H3. The zero-order valence-corrected chi connectivity index (χ0v) is 11.7. The molecule has 0 unspecified atom stereocenters. The first kappa shape index (κ1) is 13.2. The normalized spacial score (nSPS) is 11.4. The molecule has 0 aliphatic carbocycles. The Kier molecular flexibility index (Phi) is 4.96. The Morgan fingerprint density at radius 2 is 1.56 bits per heavy atom. The van der Waals surface area contributed by atoms with E-state index in [9.17, 15) is 0 Å². The lowest BCUT2D eigenvalue weighted by Gasteiger charge is -2.29. The van der Waals surface area contributed by atoms with Crippen LogP contribution in [0, 0.1) is 0 Å². The minimum atomic E-state index is 0.595. The van der Waals surface area contributed by atoms with Crippen molar-refractivity contribution >= 4 is 20.9 Å². The highest BCUT2D eigenvalue weighted by Gasteiger charge is 2.14. The Labute approximate surface area is 102 Å². The molecule has 2 radical (unpaired) electrons. The summed E-state index contributed by atoms with van der Waals surface area (Å²) in [7, 11) is 0.753. The molecular formula is C14H21NSi. The molecule has 0 bridgehead atoms. The first-order valence-electron chi connectivity index (χ1n) is 5.82. The Balaban J connectivity index is 2.73. The Bertz CT molecular complexity index is 319. The number of hydrogen-bond donors (Lipinski definition) is 0. The van der Waals surface area contributed by atoms with E-state index in [0.29, 0.717) is 12.1 Å². The van der Waals surface area contributed by atoms with E-state index in [0.717, 1.165) is 9.68 Å². The van der Waals surface area contributed by atoms with E-state index in [1.54, 1.807) is 0 Å². The zero-order chi connectivity index (χ0) is 12.1. The van der Waals surface area contributed by atoms with E-state index in [-0.39, 0.29) is 0 Å². The summed E-state index contributed by atoms with van der Waals surface area (Å²) in [6.07, 6.45) is 1.88. The summed E-state index contributed by atoms with van der Waals surface area (Å²) in [6, 6.07) is 9.86. The van der Waals surface area contributed by atoms with Crippen LogP contribution in [0.3, 0.4) is 0 Å². The van der Waals surface area contributed by atoms with E-state index in [1.165, 1.54) is 10.8 Å². The van der Waals surface area contributed by atoms with Gasteiger partial charge in [0.15, 0.2) is 9.68 Å². The Morgan fingerprint density at radius 3 is 1.94 bits per heavy atom. The van der Waals surface area contributed by atoms with Gasteiger partial charge in [-0.3, -0.25) is 0 Å². The molecule has 1 aromatic rings. The Morgan fingerprint density at radius 1 is 1.06 bits per heavy atom. The predicted octanol–water partition coefficient (Wildman–Crippen LogP) is 2.69. The van der Waals surface area contributed by atoms with Crippen LogP contribution in [0.1, 0.15) is 33.3 Å². The molecule has 0 fully saturated rings. The molecule has 0 heterocycles. The summed E-state index contributed by atoms with van der Waals surface area (Å²) >= 11 is 0. The van der Waals surface area contributed by atoms with Gasteiger partial charge in [-0.05, 0) is 22.8 Å². The number of hydrogen-bond acceptors (Lipinski definition) is 1. The average Bonchev–Trinajstić information content (AvgIpc) is 2.25.